The van der Waals surface area contributed by atoms with Crippen molar-refractivity contribution in [2.75, 3.05) is 43.0 Å². The van der Waals surface area contributed by atoms with E-state index in [0.717, 1.165) is 12.0 Å². The van der Waals surface area contributed by atoms with E-state index in [4.69, 9.17) is 10.00 Å². The van der Waals surface area contributed by atoms with Crippen LogP contribution in [0.25, 0.3) is 0 Å². The number of carbonyl (C=O) groups excluding carboxylic acids is 1. The zero-order chi connectivity index (χ0) is 24.7. The second-order valence-electron chi connectivity index (χ2n) is 7.41. The van der Waals surface area contributed by atoms with Crippen molar-refractivity contribution in [3.8, 4) is 6.07 Å². The van der Waals surface area contributed by atoms with Crippen molar-refractivity contribution in [3.05, 3.63) is 58.2 Å². The number of aromatic amines is 1. The van der Waals surface area contributed by atoms with Gasteiger partial charge < -0.3 is 19.9 Å². The van der Waals surface area contributed by atoms with Gasteiger partial charge in [0, 0.05) is 38.4 Å². The molecule has 1 fully saturated rings. The average Bonchev–Trinajstić information content (AvgIpc) is 2.81. The molecule has 13 heteroatoms. The van der Waals surface area contributed by atoms with Crippen LogP contribution in [0.1, 0.15) is 18.1 Å². The summed E-state index contributed by atoms with van der Waals surface area (Å²) >= 11 is 0. The Morgan fingerprint density at radius 1 is 1.32 bits per heavy atom. The van der Waals surface area contributed by atoms with Gasteiger partial charge in [-0.3, -0.25) is 4.79 Å². The average molecular weight is 477 g/mol. The fourth-order valence-electron chi connectivity index (χ4n) is 3.31. The lowest BCUT2D eigenvalue weighted by atomic mass is 10.2. The second kappa shape index (κ2) is 10.7. The van der Waals surface area contributed by atoms with Crippen molar-refractivity contribution in [2.45, 2.75) is 19.1 Å². The SMILES string of the molecule is CC(/C=C/COC(=O)N1CCN(c2ccc(C#N)cn2)CC1)Nc1cn[nH]c(=O)c1C(F)(F)F. The van der Waals surface area contributed by atoms with Crippen LogP contribution in [-0.4, -0.2) is 65.0 Å². The number of nitriles is 1. The molecule has 1 saturated heterocycles. The second-order valence-corrected chi connectivity index (χ2v) is 7.41. The number of hydrogen-bond donors (Lipinski definition) is 2. The molecule has 180 valence electrons. The number of nitrogens with one attached hydrogen (secondary N) is 2. The molecule has 34 heavy (non-hydrogen) atoms. The molecule has 0 aliphatic carbocycles. The zero-order valence-corrected chi connectivity index (χ0v) is 18.2. The summed E-state index contributed by atoms with van der Waals surface area (Å²) in [6.45, 7) is 3.47. The third-order valence-corrected chi connectivity index (χ3v) is 4.99. The van der Waals surface area contributed by atoms with Crippen LogP contribution in [0, 0.1) is 11.3 Å². The minimum Gasteiger partial charge on any atom is -0.445 e. The van der Waals surface area contributed by atoms with Crippen LogP contribution in [0.5, 0.6) is 0 Å². The largest absolute Gasteiger partial charge is 0.445 e. The van der Waals surface area contributed by atoms with Crippen LogP contribution >= 0.6 is 0 Å². The van der Waals surface area contributed by atoms with Gasteiger partial charge in [0.1, 0.15) is 24.1 Å². The molecule has 2 N–H and O–H groups in total. The Morgan fingerprint density at radius 2 is 2.06 bits per heavy atom. The van der Waals surface area contributed by atoms with Gasteiger partial charge in [-0.2, -0.15) is 23.5 Å². The highest BCUT2D eigenvalue weighted by molar-refractivity contribution is 5.68. The van der Waals surface area contributed by atoms with E-state index in [1.54, 1.807) is 29.1 Å². The molecule has 2 aromatic rings. The van der Waals surface area contributed by atoms with Crippen molar-refractivity contribution >= 4 is 17.6 Å². The summed E-state index contributed by atoms with van der Waals surface area (Å²) in [5.41, 5.74) is -2.67. The summed E-state index contributed by atoms with van der Waals surface area (Å²) in [6.07, 6.45) is 0.0632. The monoisotopic (exact) mass is 477 g/mol. The third kappa shape index (κ3) is 6.25. The van der Waals surface area contributed by atoms with Gasteiger partial charge in [0.05, 0.1) is 17.4 Å². The summed E-state index contributed by atoms with van der Waals surface area (Å²) < 4.78 is 44.5. The highest BCUT2D eigenvalue weighted by atomic mass is 19.4. The molecular formula is C21H22F3N7O3. The lowest BCUT2D eigenvalue weighted by Crippen LogP contribution is -2.49. The highest BCUT2D eigenvalue weighted by Crippen LogP contribution is 2.31. The van der Waals surface area contributed by atoms with Crippen LogP contribution in [0.15, 0.2) is 41.5 Å². The molecular weight excluding hydrogens is 455 g/mol. The summed E-state index contributed by atoms with van der Waals surface area (Å²) in [5, 5.41) is 16.6. The first kappa shape index (κ1) is 24.6. The normalized spacial score (nSPS) is 15.1. The van der Waals surface area contributed by atoms with Crippen LogP contribution in [0.3, 0.4) is 0 Å². The Balaban J connectivity index is 1.45. The smallest absolute Gasteiger partial charge is 0.423 e. The number of pyridine rings is 1. The Labute approximate surface area is 192 Å². The maximum absolute atomic E-state index is 13.1. The molecule has 1 unspecified atom stereocenters. The lowest BCUT2D eigenvalue weighted by molar-refractivity contribution is -0.138. The van der Waals surface area contributed by atoms with E-state index in [0.29, 0.717) is 31.7 Å². The minimum absolute atomic E-state index is 0.0675. The topological polar surface area (TPSA) is 127 Å². The number of hydrogen-bond acceptors (Lipinski definition) is 8. The van der Waals surface area contributed by atoms with E-state index in [-0.39, 0.29) is 6.61 Å². The fourth-order valence-corrected chi connectivity index (χ4v) is 3.31. The molecule has 1 aliphatic heterocycles. The van der Waals surface area contributed by atoms with Gasteiger partial charge in [0.15, 0.2) is 0 Å². The maximum atomic E-state index is 13.1. The van der Waals surface area contributed by atoms with Gasteiger partial charge in [0.25, 0.3) is 5.56 Å². The number of H-pyrrole nitrogens is 1. The Bertz CT molecular complexity index is 1120. The van der Waals surface area contributed by atoms with Crippen molar-refractivity contribution < 1.29 is 22.7 Å². The predicted molar refractivity (Wildman–Crippen MR) is 116 cm³/mol. The predicted octanol–water partition coefficient (Wildman–Crippen LogP) is 2.37. The first-order chi connectivity index (χ1) is 16.2. The van der Waals surface area contributed by atoms with Gasteiger partial charge in [-0.1, -0.05) is 6.08 Å². The Hall–Kier alpha value is -4.08. The minimum atomic E-state index is -4.84. The molecule has 1 atom stereocenters. The lowest BCUT2D eigenvalue weighted by Gasteiger charge is -2.34. The maximum Gasteiger partial charge on any atom is 0.423 e. The molecule has 2 aromatic heterocycles. The number of piperazine rings is 1. The molecule has 0 aromatic carbocycles. The highest BCUT2D eigenvalue weighted by Gasteiger charge is 2.37. The molecule has 3 heterocycles. The number of amides is 1. The quantitative estimate of drug-likeness (QED) is 0.607. The van der Waals surface area contributed by atoms with Crippen molar-refractivity contribution in [1.82, 2.24) is 20.1 Å². The standard InChI is InChI=1S/C21H22F3N7O3/c1-14(28-16-13-27-29-19(32)18(16)21(22,23)24)3-2-10-34-20(33)31-8-6-30(7-9-31)17-5-4-15(11-25)12-26-17/h2-5,12-14H,6-10H2,1H3,(H2,28,29,32)/b3-2+. The first-order valence-corrected chi connectivity index (χ1v) is 10.3. The van der Waals surface area contributed by atoms with Gasteiger partial charge in [-0.25, -0.2) is 14.9 Å². The van der Waals surface area contributed by atoms with E-state index >= 15 is 0 Å². The first-order valence-electron chi connectivity index (χ1n) is 10.3. The van der Waals surface area contributed by atoms with Crippen LogP contribution < -0.4 is 15.8 Å². The molecule has 0 saturated carbocycles. The molecule has 3 rings (SSSR count). The molecule has 1 aliphatic rings. The molecule has 0 spiro atoms. The Kier molecular flexibility index (Phi) is 7.72. The number of halogens is 3. The number of nitrogens with zero attached hydrogens (tertiary/aromatic N) is 5. The summed E-state index contributed by atoms with van der Waals surface area (Å²) in [4.78, 5) is 31.6. The number of ether oxygens (including phenoxy) is 1. The number of anilines is 2. The van der Waals surface area contributed by atoms with E-state index in [2.05, 4.69) is 15.4 Å². The number of alkyl halides is 3. The number of aromatic nitrogens is 3. The van der Waals surface area contributed by atoms with E-state index in [9.17, 15) is 22.8 Å². The Morgan fingerprint density at radius 3 is 2.68 bits per heavy atom. The summed E-state index contributed by atoms with van der Waals surface area (Å²) in [6, 6.07) is 4.86. The van der Waals surface area contributed by atoms with Gasteiger partial charge >= 0.3 is 12.3 Å². The van der Waals surface area contributed by atoms with Gasteiger partial charge in [0.2, 0.25) is 0 Å². The van der Waals surface area contributed by atoms with E-state index < -0.39 is 35.1 Å². The zero-order valence-electron chi connectivity index (χ0n) is 18.2. The molecule has 1 amide bonds. The van der Waals surface area contributed by atoms with Crippen molar-refractivity contribution in [1.29, 1.82) is 5.26 Å². The van der Waals surface area contributed by atoms with Crippen molar-refractivity contribution in [3.63, 3.8) is 0 Å². The number of carbonyl (C=O) groups is 1. The molecule has 0 bridgehead atoms. The van der Waals surface area contributed by atoms with Crippen LogP contribution in [-0.2, 0) is 10.9 Å². The van der Waals surface area contributed by atoms with E-state index in [1.807, 2.05) is 11.0 Å². The van der Waals surface area contributed by atoms with E-state index in [1.165, 1.54) is 18.3 Å². The van der Waals surface area contributed by atoms with Crippen LogP contribution in [0.2, 0.25) is 0 Å². The van der Waals surface area contributed by atoms with Crippen LogP contribution in [0.4, 0.5) is 29.5 Å². The summed E-state index contributed by atoms with van der Waals surface area (Å²) in [5.74, 6) is 0.723. The molecule has 0 radical (unpaired) electrons. The van der Waals surface area contributed by atoms with Gasteiger partial charge in [-0.15, -0.1) is 0 Å². The van der Waals surface area contributed by atoms with Gasteiger partial charge in [-0.05, 0) is 25.1 Å². The summed E-state index contributed by atoms with van der Waals surface area (Å²) in [7, 11) is 0. The number of rotatable bonds is 6. The fraction of sp³-hybridized carbons (Fsp3) is 0.381. The third-order valence-electron chi connectivity index (χ3n) is 4.99. The van der Waals surface area contributed by atoms with Crippen molar-refractivity contribution in [2.24, 2.45) is 0 Å². The molecule has 10 nitrogen and oxygen atoms in total.